The van der Waals surface area contributed by atoms with Gasteiger partial charge in [0.05, 0.1) is 13.4 Å². The van der Waals surface area contributed by atoms with Gasteiger partial charge < -0.3 is 14.5 Å². The second kappa shape index (κ2) is 6.40. The molecular formula is C12H18N4O4. The molecule has 2 amide bonds. The van der Waals surface area contributed by atoms with Crippen LogP contribution >= 0.6 is 0 Å². The number of nitrogens with two attached hydrogens (primary N) is 1. The molecule has 2 heterocycles. The van der Waals surface area contributed by atoms with E-state index in [-0.39, 0.29) is 11.8 Å². The Morgan fingerprint density at radius 3 is 3.10 bits per heavy atom. The van der Waals surface area contributed by atoms with E-state index in [1.165, 1.54) is 13.4 Å². The van der Waals surface area contributed by atoms with Crippen LogP contribution in [0.4, 0.5) is 4.79 Å². The summed E-state index contributed by atoms with van der Waals surface area (Å²) < 4.78 is 9.70. The Bertz CT molecular complexity index is 488. The maximum atomic E-state index is 11.5. The number of nitrogen functional groups attached to an aromatic ring is 1. The fourth-order valence-electron chi connectivity index (χ4n) is 2.29. The molecule has 1 aromatic heterocycles. The van der Waals surface area contributed by atoms with E-state index in [0.717, 1.165) is 18.5 Å². The van der Waals surface area contributed by atoms with Crippen molar-refractivity contribution < 1.29 is 18.7 Å². The molecule has 0 spiro atoms. The molecule has 0 aliphatic carbocycles. The van der Waals surface area contributed by atoms with Crippen LogP contribution in [0.25, 0.3) is 0 Å². The molecule has 4 N–H and O–H groups in total. The van der Waals surface area contributed by atoms with Gasteiger partial charge in [0, 0.05) is 31.2 Å². The number of furan rings is 1. The van der Waals surface area contributed by atoms with Gasteiger partial charge in [-0.1, -0.05) is 0 Å². The molecule has 8 nitrogen and oxygen atoms in total. The molecule has 0 saturated carbocycles. The second-order valence-electron chi connectivity index (χ2n) is 4.61. The molecular weight excluding hydrogens is 264 g/mol. The number of carbonyl (C=O) groups is 2. The molecule has 110 valence electrons. The maximum Gasteiger partial charge on any atom is 0.407 e. The SMILES string of the molecule is COC(=O)NC1CCN(Cc2ccoc2C(=O)NN)C1. The van der Waals surface area contributed by atoms with E-state index in [9.17, 15) is 9.59 Å². The fourth-order valence-corrected chi connectivity index (χ4v) is 2.29. The van der Waals surface area contributed by atoms with Gasteiger partial charge in [-0.3, -0.25) is 15.1 Å². The van der Waals surface area contributed by atoms with Crippen molar-refractivity contribution >= 4 is 12.0 Å². The van der Waals surface area contributed by atoms with Gasteiger partial charge in [-0.05, 0) is 12.5 Å². The normalized spacial score (nSPS) is 18.8. The van der Waals surface area contributed by atoms with Crippen molar-refractivity contribution in [2.75, 3.05) is 20.2 Å². The quantitative estimate of drug-likeness (QED) is 0.401. The molecule has 20 heavy (non-hydrogen) atoms. The first-order chi connectivity index (χ1) is 9.63. The highest BCUT2D eigenvalue weighted by atomic mass is 16.5. The van der Waals surface area contributed by atoms with E-state index in [1.807, 2.05) is 0 Å². The number of rotatable bonds is 4. The van der Waals surface area contributed by atoms with Gasteiger partial charge in [0.1, 0.15) is 0 Å². The van der Waals surface area contributed by atoms with E-state index in [2.05, 4.69) is 20.4 Å². The molecule has 1 aliphatic heterocycles. The third-order valence-corrected chi connectivity index (χ3v) is 3.26. The Labute approximate surface area is 116 Å². The lowest BCUT2D eigenvalue weighted by Crippen LogP contribution is -2.37. The first kappa shape index (κ1) is 14.4. The monoisotopic (exact) mass is 282 g/mol. The number of amides is 2. The van der Waals surface area contributed by atoms with Crippen LogP contribution in [0.2, 0.25) is 0 Å². The smallest absolute Gasteiger partial charge is 0.407 e. The third kappa shape index (κ3) is 3.28. The summed E-state index contributed by atoms with van der Waals surface area (Å²) >= 11 is 0. The van der Waals surface area contributed by atoms with Crippen LogP contribution in [0.15, 0.2) is 16.7 Å². The average molecular weight is 282 g/mol. The van der Waals surface area contributed by atoms with Crippen molar-refractivity contribution in [3.63, 3.8) is 0 Å². The molecule has 1 unspecified atom stereocenters. The topological polar surface area (TPSA) is 110 Å². The summed E-state index contributed by atoms with van der Waals surface area (Å²) in [4.78, 5) is 24.8. The Morgan fingerprint density at radius 1 is 1.60 bits per heavy atom. The Hall–Kier alpha value is -2.06. The minimum Gasteiger partial charge on any atom is -0.459 e. The van der Waals surface area contributed by atoms with Gasteiger partial charge in [-0.15, -0.1) is 0 Å². The van der Waals surface area contributed by atoms with Gasteiger partial charge >= 0.3 is 12.0 Å². The number of methoxy groups -OCH3 is 1. The second-order valence-corrected chi connectivity index (χ2v) is 4.61. The number of nitrogens with one attached hydrogen (secondary N) is 2. The third-order valence-electron chi connectivity index (χ3n) is 3.26. The first-order valence-electron chi connectivity index (χ1n) is 6.28. The molecule has 1 saturated heterocycles. The molecule has 8 heteroatoms. The van der Waals surface area contributed by atoms with E-state index < -0.39 is 12.0 Å². The first-order valence-corrected chi connectivity index (χ1v) is 6.28. The minimum absolute atomic E-state index is 0.0566. The number of carbonyl (C=O) groups excluding carboxylic acids is 2. The summed E-state index contributed by atoms with van der Waals surface area (Å²) in [5.74, 6) is 4.87. The zero-order valence-corrected chi connectivity index (χ0v) is 11.2. The highest BCUT2D eigenvalue weighted by Gasteiger charge is 2.26. The van der Waals surface area contributed by atoms with Crippen molar-refractivity contribution in [1.82, 2.24) is 15.6 Å². The minimum atomic E-state index is -0.451. The van der Waals surface area contributed by atoms with Crippen molar-refractivity contribution in [1.29, 1.82) is 0 Å². The molecule has 1 fully saturated rings. The maximum absolute atomic E-state index is 11.5. The molecule has 0 bridgehead atoms. The summed E-state index contributed by atoms with van der Waals surface area (Å²) in [7, 11) is 1.34. The van der Waals surface area contributed by atoms with E-state index in [1.54, 1.807) is 6.07 Å². The number of hydrogen-bond donors (Lipinski definition) is 3. The fraction of sp³-hybridized carbons (Fsp3) is 0.500. The van der Waals surface area contributed by atoms with Crippen LogP contribution in [0, 0.1) is 0 Å². The van der Waals surface area contributed by atoms with Crippen LogP contribution in [-0.4, -0.2) is 43.1 Å². The number of nitrogens with zero attached hydrogens (tertiary/aromatic N) is 1. The lowest BCUT2D eigenvalue weighted by Gasteiger charge is -2.16. The zero-order chi connectivity index (χ0) is 14.5. The Morgan fingerprint density at radius 2 is 2.40 bits per heavy atom. The van der Waals surface area contributed by atoms with E-state index in [4.69, 9.17) is 10.3 Å². The highest BCUT2D eigenvalue weighted by Crippen LogP contribution is 2.17. The van der Waals surface area contributed by atoms with Crippen LogP contribution < -0.4 is 16.6 Å². The van der Waals surface area contributed by atoms with E-state index >= 15 is 0 Å². The van der Waals surface area contributed by atoms with Gasteiger partial charge in [0.25, 0.3) is 0 Å². The van der Waals surface area contributed by atoms with E-state index in [0.29, 0.717) is 13.1 Å². The average Bonchev–Trinajstić information content (AvgIpc) is 3.08. The summed E-state index contributed by atoms with van der Waals surface area (Å²) in [5, 5.41) is 2.76. The van der Waals surface area contributed by atoms with Crippen LogP contribution in [0.3, 0.4) is 0 Å². The number of ether oxygens (including phenoxy) is 1. The van der Waals surface area contributed by atoms with Crippen molar-refractivity contribution in [2.45, 2.75) is 19.0 Å². The van der Waals surface area contributed by atoms with Gasteiger partial charge in [0.15, 0.2) is 5.76 Å². The van der Waals surface area contributed by atoms with Gasteiger partial charge in [-0.2, -0.15) is 0 Å². The lowest BCUT2D eigenvalue weighted by atomic mass is 10.2. The highest BCUT2D eigenvalue weighted by molar-refractivity contribution is 5.92. The van der Waals surface area contributed by atoms with Crippen LogP contribution in [0.1, 0.15) is 22.5 Å². The van der Waals surface area contributed by atoms with Crippen LogP contribution in [0.5, 0.6) is 0 Å². The van der Waals surface area contributed by atoms with Gasteiger partial charge in [-0.25, -0.2) is 10.6 Å². The molecule has 1 aliphatic rings. The Kier molecular flexibility index (Phi) is 4.59. The largest absolute Gasteiger partial charge is 0.459 e. The summed E-state index contributed by atoms with van der Waals surface area (Å²) in [5.41, 5.74) is 2.82. The predicted octanol–water partition coefficient (Wildman–Crippen LogP) is -0.187. The Balaban J connectivity index is 1.91. The predicted molar refractivity (Wildman–Crippen MR) is 69.6 cm³/mol. The van der Waals surface area contributed by atoms with Crippen molar-refractivity contribution in [2.24, 2.45) is 5.84 Å². The number of hydrogen-bond acceptors (Lipinski definition) is 6. The summed E-state index contributed by atoms with van der Waals surface area (Å²) in [6.07, 6.45) is 1.87. The number of hydrazine groups is 1. The lowest BCUT2D eigenvalue weighted by molar-refractivity contribution is 0.0923. The number of likely N-dealkylation sites (tertiary alicyclic amines) is 1. The zero-order valence-electron chi connectivity index (χ0n) is 11.2. The molecule has 0 aromatic carbocycles. The molecule has 1 atom stereocenters. The van der Waals surface area contributed by atoms with Crippen molar-refractivity contribution in [3.05, 3.63) is 23.7 Å². The van der Waals surface area contributed by atoms with Crippen molar-refractivity contribution in [3.8, 4) is 0 Å². The summed E-state index contributed by atoms with van der Waals surface area (Å²) in [6, 6.07) is 1.80. The molecule has 1 aromatic rings. The molecule has 0 radical (unpaired) electrons. The van der Waals surface area contributed by atoms with Gasteiger partial charge in [0.2, 0.25) is 0 Å². The van der Waals surface area contributed by atoms with Crippen LogP contribution in [-0.2, 0) is 11.3 Å². The number of alkyl carbamates (subject to hydrolysis) is 1. The summed E-state index contributed by atoms with van der Waals surface area (Å²) in [6.45, 7) is 2.09. The molecule has 2 rings (SSSR count). The standard InChI is InChI=1S/C12H18N4O4/c1-19-12(18)14-9-2-4-16(7-9)6-8-3-5-20-10(8)11(17)15-13/h3,5,9H,2,4,6-7,13H2,1H3,(H,14,18)(H,15,17).